The number of aromatic nitrogens is 1. The van der Waals surface area contributed by atoms with E-state index in [4.69, 9.17) is 29.2 Å². The Bertz CT molecular complexity index is 1230. The van der Waals surface area contributed by atoms with Crippen molar-refractivity contribution in [3.63, 3.8) is 0 Å². The molecule has 0 saturated heterocycles. The molecule has 13 nitrogen and oxygen atoms in total. The van der Waals surface area contributed by atoms with Gasteiger partial charge in [-0.25, -0.2) is 4.98 Å². The molecule has 2 aliphatic heterocycles. The third kappa shape index (κ3) is 7.35. The van der Waals surface area contributed by atoms with Gasteiger partial charge in [0.05, 0.1) is 52.5 Å². The van der Waals surface area contributed by atoms with Gasteiger partial charge in [-0.1, -0.05) is 0 Å². The number of carboxylic acid groups (broad SMARTS) is 2. The fraction of sp³-hybridized carbons (Fsp3) is 0.464. The van der Waals surface area contributed by atoms with Crippen molar-refractivity contribution in [2.75, 3.05) is 27.4 Å². The number of aliphatic carboxylic acids is 2. The number of carbonyl (C=O) groups is 4. The van der Waals surface area contributed by atoms with Gasteiger partial charge in [-0.3, -0.25) is 19.2 Å². The molecular weight excluding hydrogens is 538 g/mol. The first-order chi connectivity index (χ1) is 19.7. The van der Waals surface area contributed by atoms with Gasteiger partial charge in [0.15, 0.2) is 17.2 Å². The summed E-state index contributed by atoms with van der Waals surface area (Å²) in [5, 5.41) is 17.7. The third-order valence-electron chi connectivity index (χ3n) is 6.84. The summed E-state index contributed by atoms with van der Waals surface area (Å²) >= 11 is 0. The van der Waals surface area contributed by atoms with Gasteiger partial charge >= 0.3 is 11.9 Å². The van der Waals surface area contributed by atoms with Crippen LogP contribution >= 0.6 is 0 Å². The van der Waals surface area contributed by atoms with Crippen molar-refractivity contribution in [2.24, 2.45) is 0 Å². The first-order valence-electron chi connectivity index (χ1n) is 13.2. The molecule has 0 saturated carbocycles. The Morgan fingerprint density at radius 1 is 0.707 bits per heavy atom. The fourth-order valence-corrected chi connectivity index (χ4v) is 4.72. The van der Waals surface area contributed by atoms with Crippen LogP contribution < -0.4 is 18.9 Å². The van der Waals surface area contributed by atoms with Crippen molar-refractivity contribution >= 4 is 23.8 Å². The molecule has 1 aromatic heterocycles. The van der Waals surface area contributed by atoms with Crippen molar-refractivity contribution in [3.8, 4) is 23.1 Å². The number of hydrogen-bond acceptors (Lipinski definition) is 9. The normalized spacial score (nSPS) is 13.4. The summed E-state index contributed by atoms with van der Waals surface area (Å²) in [6, 6.07) is 5.47. The molecule has 0 spiro atoms. The maximum absolute atomic E-state index is 12.4. The van der Waals surface area contributed by atoms with Gasteiger partial charge in [-0.2, -0.15) is 0 Å². The van der Waals surface area contributed by atoms with E-state index in [1.54, 1.807) is 15.9 Å². The summed E-state index contributed by atoms with van der Waals surface area (Å²) < 4.78 is 22.7. The zero-order valence-corrected chi connectivity index (χ0v) is 23.0. The number of nitrogens with zero attached hydrogens (tertiary/aromatic N) is 3. The van der Waals surface area contributed by atoms with E-state index >= 15 is 0 Å². The SMILES string of the molecule is COc1cc2c(cc1OCCCOc1cc3c(nc1OC)CN(C(=O)CCC(=O)O)C3)CN(C(=O)CCC(=O)O)C2. The van der Waals surface area contributed by atoms with Crippen LogP contribution in [0.15, 0.2) is 18.2 Å². The second kappa shape index (κ2) is 13.2. The Labute approximate surface area is 236 Å². The van der Waals surface area contributed by atoms with Crippen LogP contribution in [0.25, 0.3) is 0 Å². The van der Waals surface area contributed by atoms with Crippen molar-refractivity contribution in [2.45, 2.75) is 58.3 Å². The predicted molar refractivity (Wildman–Crippen MR) is 142 cm³/mol. The molecule has 2 amide bonds. The Morgan fingerprint density at radius 2 is 1.22 bits per heavy atom. The second-order valence-electron chi connectivity index (χ2n) is 9.71. The molecule has 0 fully saturated rings. The van der Waals surface area contributed by atoms with E-state index in [9.17, 15) is 19.2 Å². The van der Waals surface area contributed by atoms with Crippen LogP contribution in [0.2, 0.25) is 0 Å². The van der Waals surface area contributed by atoms with Gasteiger partial charge < -0.3 is 39.0 Å². The first kappa shape index (κ1) is 29.4. The summed E-state index contributed by atoms with van der Waals surface area (Å²) in [5.74, 6) is -0.666. The summed E-state index contributed by atoms with van der Waals surface area (Å²) in [4.78, 5) is 53.9. The highest BCUT2D eigenvalue weighted by molar-refractivity contribution is 5.82. The van der Waals surface area contributed by atoms with Crippen molar-refractivity contribution < 1.29 is 48.3 Å². The monoisotopic (exact) mass is 571 g/mol. The number of methoxy groups -OCH3 is 2. The Balaban J connectivity index is 1.29. The molecule has 220 valence electrons. The quantitative estimate of drug-likeness (QED) is 0.320. The summed E-state index contributed by atoms with van der Waals surface area (Å²) in [6.45, 7) is 2.01. The molecular formula is C28H33N3O10. The maximum Gasteiger partial charge on any atom is 0.303 e. The molecule has 0 atom stereocenters. The average molecular weight is 572 g/mol. The van der Waals surface area contributed by atoms with E-state index in [0.717, 1.165) is 16.7 Å². The molecule has 0 bridgehead atoms. The van der Waals surface area contributed by atoms with Crippen molar-refractivity contribution in [3.05, 3.63) is 40.6 Å². The van der Waals surface area contributed by atoms with Gasteiger partial charge in [0.1, 0.15) is 0 Å². The number of benzene rings is 1. The topological polar surface area (TPSA) is 165 Å². The molecule has 1 aromatic carbocycles. The average Bonchev–Trinajstić information content (AvgIpc) is 3.56. The smallest absolute Gasteiger partial charge is 0.303 e. The lowest BCUT2D eigenvalue weighted by molar-refractivity contribution is -0.141. The molecule has 2 aliphatic rings. The predicted octanol–water partition coefficient (Wildman–Crippen LogP) is 2.36. The number of fused-ring (bicyclic) bond motifs is 2. The number of amides is 2. The number of rotatable bonds is 14. The first-order valence-corrected chi connectivity index (χ1v) is 13.2. The molecule has 2 aromatic rings. The van der Waals surface area contributed by atoms with E-state index in [2.05, 4.69) is 4.98 Å². The van der Waals surface area contributed by atoms with Crippen molar-refractivity contribution in [1.82, 2.24) is 14.8 Å². The van der Waals surface area contributed by atoms with E-state index in [-0.39, 0.29) is 44.0 Å². The molecule has 0 radical (unpaired) electrons. The summed E-state index contributed by atoms with van der Waals surface area (Å²) in [6.07, 6.45) is -0.00592. The second-order valence-corrected chi connectivity index (χ2v) is 9.71. The highest BCUT2D eigenvalue weighted by atomic mass is 16.5. The maximum atomic E-state index is 12.4. The van der Waals surface area contributed by atoms with Gasteiger partial charge in [-0.05, 0) is 34.9 Å². The molecule has 0 unspecified atom stereocenters. The lowest BCUT2D eigenvalue weighted by atomic mass is 10.1. The van der Waals surface area contributed by atoms with Crippen LogP contribution in [0.4, 0.5) is 0 Å². The van der Waals surface area contributed by atoms with Crippen LogP contribution in [0.1, 0.15) is 54.5 Å². The number of ether oxygens (including phenoxy) is 4. The Morgan fingerprint density at radius 3 is 1.78 bits per heavy atom. The number of pyridine rings is 1. The van der Waals surface area contributed by atoms with Gasteiger partial charge in [-0.15, -0.1) is 0 Å². The number of carbonyl (C=O) groups excluding carboxylic acids is 2. The van der Waals surface area contributed by atoms with Crippen LogP contribution in [0.5, 0.6) is 23.1 Å². The van der Waals surface area contributed by atoms with Gasteiger partial charge in [0.2, 0.25) is 11.8 Å². The third-order valence-corrected chi connectivity index (χ3v) is 6.84. The number of carboxylic acids is 2. The zero-order valence-electron chi connectivity index (χ0n) is 23.0. The molecule has 41 heavy (non-hydrogen) atoms. The van der Waals surface area contributed by atoms with Crippen LogP contribution in [-0.2, 0) is 45.4 Å². The largest absolute Gasteiger partial charge is 0.493 e. The molecule has 0 aliphatic carbocycles. The molecule has 2 N–H and O–H groups in total. The summed E-state index contributed by atoms with van der Waals surface area (Å²) in [5.41, 5.74) is 3.36. The Kier molecular flexibility index (Phi) is 9.48. The van der Waals surface area contributed by atoms with E-state index in [1.165, 1.54) is 14.2 Å². The van der Waals surface area contributed by atoms with E-state index in [0.29, 0.717) is 68.1 Å². The van der Waals surface area contributed by atoms with Crippen LogP contribution in [0.3, 0.4) is 0 Å². The highest BCUT2D eigenvalue weighted by Gasteiger charge is 2.28. The van der Waals surface area contributed by atoms with E-state index in [1.807, 2.05) is 12.1 Å². The van der Waals surface area contributed by atoms with E-state index < -0.39 is 11.9 Å². The standard InChI is InChI=1S/C28H33N3O10/c1-38-21-10-17-13-30(24(32)4-6-26(34)35)14-18(17)11-22(21)40-8-3-9-41-23-12-19-15-31(25(33)5-7-27(36)37)16-20(19)29-28(23)39-2/h10-12H,3-9,13-16H2,1-2H3,(H,34,35)(H,36,37). The lowest BCUT2D eigenvalue weighted by Crippen LogP contribution is -2.25. The minimum Gasteiger partial charge on any atom is -0.493 e. The minimum absolute atomic E-state index is 0.0441. The van der Waals surface area contributed by atoms with Crippen LogP contribution in [0, 0.1) is 0 Å². The van der Waals surface area contributed by atoms with Crippen molar-refractivity contribution in [1.29, 1.82) is 0 Å². The van der Waals surface area contributed by atoms with Gasteiger partial charge in [0, 0.05) is 38.9 Å². The van der Waals surface area contributed by atoms with Crippen LogP contribution in [-0.4, -0.2) is 76.2 Å². The molecule has 3 heterocycles. The minimum atomic E-state index is -1.02. The summed E-state index contributed by atoms with van der Waals surface area (Å²) in [7, 11) is 3.02. The lowest BCUT2D eigenvalue weighted by Gasteiger charge is -2.14. The zero-order chi connectivity index (χ0) is 29.5. The molecule has 13 heteroatoms. The fourth-order valence-electron chi connectivity index (χ4n) is 4.72. The Hall–Kier alpha value is -4.55. The highest BCUT2D eigenvalue weighted by Crippen LogP contribution is 2.36. The number of hydrogen-bond donors (Lipinski definition) is 2. The van der Waals surface area contributed by atoms with Gasteiger partial charge in [0.25, 0.3) is 5.88 Å². The molecule has 4 rings (SSSR count).